The van der Waals surface area contributed by atoms with Gasteiger partial charge in [-0.05, 0) is 120 Å². The van der Waals surface area contributed by atoms with Crippen LogP contribution in [0.4, 0.5) is 0 Å². The molecule has 11 heteroatoms. The lowest BCUT2D eigenvalue weighted by Crippen LogP contribution is -2.52. The number of rotatable bonds is 16. The summed E-state index contributed by atoms with van der Waals surface area (Å²) < 4.78 is 18.0. The molecule has 0 amide bonds. The van der Waals surface area contributed by atoms with Gasteiger partial charge >= 0.3 is 18.9 Å². The highest BCUT2D eigenvalue weighted by Crippen LogP contribution is 2.27. The molecule has 4 aromatic rings. The standard InChI is InChI=1S/C34H50N4O2S2Si3/c1-37-23-9-21-35-33(37)41-27-31-15-11-29(12-16-31)19-25-43(3,4)39-45(7,8)40-44(5,6)26-20-30-13-17-32(18-14-30)28-42-34-36-22-10-24-38(34)2/h9-18,21-24H,19-20,25-28H2,1-8H3/q+2. The van der Waals surface area contributed by atoms with Crippen LogP contribution in [0.15, 0.2) is 95.8 Å². The van der Waals surface area contributed by atoms with Gasteiger partial charge in [0.2, 0.25) is 0 Å². The molecule has 0 aliphatic carbocycles. The molecule has 240 valence electrons. The molecule has 2 aromatic carbocycles. The van der Waals surface area contributed by atoms with Crippen molar-refractivity contribution in [3.8, 4) is 0 Å². The lowest BCUT2D eigenvalue weighted by molar-refractivity contribution is -0.713. The maximum absolute atomic E-state index is 6.91. The average molecular weight is 695 g/mol. The van der Waals surface area contributed by atoms with E-state index in [4.69, 9.17) is 8.23 Å². The molecule has 0 N–H and O–H groups in total. The van der Waals surface area contributed by atoms with Gasteiger partial charge in [-0.15, -0.1) is 0 Å². The Morgan fingerprint density at radius 3 is 1.29 bits per heavy atom. The number of nitrogens with zero attached hydrogens (tertiary/aromatic N) is 4. The molecule has 4 rings (SSSR count). The molecule has 45 heavy (non-hydrogen) atoms. The van der Waals surface area contributed by atoms with E-state index in [-0.39, 0.29) is 0 Å². The summed E-state index contributed by atoms with van der Waals surface area (Å²) in [5.74, 6) is 1.84. The van der Waals surface area contributed by atoms with Gasteiger partial charge < -0.3 is 8.23 Å². The summed E-state index contributed by atoms with van der Waals surface area (Å²) >= 11 is 3.54. The molecule has 0 bridgehead atoms. The van der Waals surface area contributed by atoms with Crippen molar-refractivity contribution in [3.05, 3.63) is 108 Å². The van der Waals surface area contributed by atoms with Crippen LogP contribution in [-0.2, 0) is 46.7 Å². The molecule has 2 aromatic heterocycles. The second-order valence-corrected chi connectivity index (χ2v) is 27.7. The Kier molecular flexibility index (Phi) is 12.8. The number of aromatic nitrogens is 4. The predicted octanol–water partition coefficient (Wildman–Crippen LogP) is 7.64. The van der Waals surface area contributed by atoms with Gasteiger partial charge in [-0.3, -0.25) is 0 Å². The molecular formula is C34H50N4O2S2Si3+2. The molecule has 6 nitrogen and oxygen atoms in total. The lowest BCUT2D eigenvalue weighted by atomic mass is 10.1. The molecule has 0 atom stereocenters. The van der Waals surface area contributed by atoms with Crippen LogP contribution in [0.5, 0.6) is 0 Å². The molecule has 0 unspecified atom stereocenters. The van der Waals surface area contributed by atoms with Crippen LogP contribution in [0.3, 0.4) is 0 Å². The second-order valence-electron chi connectivity index (χ2n) is 13.4. The SMILES string of the molecule is C[n+]1cccnc1SCc1ccc(CC[Si](C)(C)O[Si](C)(C)O[Si](C)(C)CCc2ccc(CSc3nccc[n+]3C)cc2)cc1. The maximum atomic E-state index is 6.91. The molecule has 0 spiro atoms. The van der Waals surface area contributed by atoms with Gasteiger partial charge in [0.05, 0.1) is 26.5 Å². The number of benzene rings is 2. The molecule has 0 saturated carbocycles. The molecule has 0 radical (unpaired) electrons. The van der Waals surface area contributed by atoms with Crippen molar-refractivity contribution in [1.29, 1.82) is 0 Å². The minimum atomic E-state index is -2.26. The van der Waals surface area contributed by atoms with E-state index < -0.39 is 25.2 Å². The third kappa shape index (κ3) is 12.2. The summed E-state index contributed by atoms with van der Waals surface area (Å²) in [6.45, 7) is 13.9. The van der Waals surface area contributed by atoms with Gasteiger partial charge in [0, 0.05) is 23.6 Å². The van der Waals surface area contributed by atoms with Gasteiger partial charge in [-0.2, -0.15) is 0 Å². The van der Waals surface area contributed by atoms with Crippen LogP contribution in [0.2, 0.25) is 51.4 Å². The third-order valence-corrected chi connectivity index (χ3v) is 21.1. The van der Waals surface area contributed by atoms with Crippen LogP contribution in [0.1, 0.15) is 22.3 Å². The number of thioether (sulfide) groups is 2. The first-order chi connectivity index (χ1) is 21.3. The molecule has 2 heterocycles. The highest BCUT2D eigenvalue weighted by atomic mass is 32.2. The fourth-order valence-electron chi connectivity index (χ4n) is 5.38. The van der Waals surface area contributed by atoms with E-state index in [0.717, 1.165) is 46.7 Å². The van der Waals surface area contributed by atoms with Crippen LogP contribution >= 0.6 is 23.5 Å². The van der Waals surface area contributed by atoms with Crippen molar-refractivity contribution in [3.63, 3.8) is 0 Å². The zero-order valence-electron chi connectivity index (χ0n) is 28.2. The largest absolute Gasteiger partial charge is 0.436 e. The topological polar surface area (TPSA) is 52.0 Å². The Morgan fingerprint density at radius 2 is 0.933 bits per heavy atom. The van der Waals surface area contributed by atoms with Gasteiger partial charge in [0.25, 0.3) is 0 Å². The van der Waals surface area contributed by atoms with E-state index in [9.17, 15) is 0 Å². The van der Waals surface area contributed by atoms with Gasteiger partial charge in [-0.1, -0.05) is 48.5 Å². The van der Waals surface area contributed by atoms with Crippen molar-refractivity contribution >= 4 is 48.7 Å². The van der Waals surface area contributed by atoms with Crippen molar-refractivity contribution in [2.75, 3.05) is 0 Å². The van der Waals surface area contributed by atoms with E-state index in [0.29, 0.717) is 0 Å². The Balaban J connectivity index is 1.20. The Morgan fingerprint density at radius 1 is 0.578 bits per heavy atom. The summed E-state index contributed by atoms with van der Waals surface area (Å²) in [5, 5.41) is 2.06. The number of hydrogen-bond donors (Lipinski definition) is 0. The molecule has 0 aliphatic rings. The summed E-state index contributed by atoms with van der Waals surface area (Å²) in [7, 11) is -1.97. The molecule has 0 fully saturated rings. The Hall–Kier alpha value is -2.13. The summed E-state index contributed by atoms with van der Waals surface area (Å²) in [6, 6.07) is 24.2. The van der Waals surface area contributed by atoms with Gasteiger partial charge in [0.1, 0.15) is 12.4 Å². The summed E-state index contributed by atoms with van der Waals surface area (Å²) in [5.41, 5.74) is 5.39. The lowest BCUT2D eigenvalue weighted by Gasteiger charge is -2.39. The molecule has 0 aliphatic heterocycles. The first kappa shape index (κ1) is 35.7. The second kappa shape index (κ2) is 16.1. The van der Waals surface area contributed by atoms with E-state index in [1.54, 1.807) is 23.5 Å². The van der Waals surface area contributed by atoms with Crippen molar-refractivity contribution in [2.24, 2.45) is 14.1 Å². The van der Waals surface area contributed by atoms with E-state index >= 15 is 0 Å². The first-order valence-electron chi connectivity index (χ1n) is 15.7. The third-order valence-electron chi connectivity index (χ3n) is 7.62. The maximum Gasteiger partial charge on any atom is 0.359 e. The van der Waals surface area contributed by atoms with Crippen LogP contribution < -0.4 is 9.13 Å². The van der Waals surface area contributed by atoms with Crippen LogP contribution in [0, 0.1) is 0 Å². The minimum Gasteiger partial charge on any atom is -0.436 e. The fourth-order valence-corrected chi connectivity index (χ4v) is 20.9. The van der Waals surface area contributed by atoms with Crippen LogP contribution in [0.25, 0.3) is 0 Å². The molecular weight excluding hydrogens is 645 g/mol. The molecule has 0 saturated heterocycles. The minimum absolute atomic E-state index is 0.918. The highest BCUT2D eigenvalue weighted by Gasteiger charge is 2.39. The Labute approximate surface area is 282 Å². The van der Waals surface area contributed by atoms with Gasteiger partial charge in [-0.25, -0.2) is 9.13 Å². The predicted molar refractivity (Wildman–Crippen MR) is 194 cm³/mol. The summed E-state index contributed by atoms with van der Waals surface area (Å²) in [4.78, 5) is 8.94. The van der Waals surface area contributed by atoms with E-state index in [2.05, 4.69) is 107 Å². The first-order valence-corrected chi connectivity index (χ1v) is 26.7. The number of aryl methyl sites for hydroxylation is 4. The normalized spacial score (nSPS) is 12.4. The van der Waals surface area contributed by atoms with E-state index in [1.165, 1.54) is 22.3 Å². The van der Waals surface area contributed by atoms with E-state index in [1.807, 2.05) is 51.0 Å². The Bertz CT molecular complexity index is 1410. The average Bonchev–Trinajstić information content (AvgIpc) is 2.98. The smallest absolute Gasteiger partial charge is 0.359 e. The monoisotopic (exact) mass is 694 g/mol. The number of hydrogen-bond acceptors (Lipinski definition) is 6. The van der Waals surface area contributed by atoms with Crippen LogP contribution in [-0.4, -0.2) is 35.2 Å². The highest BCUT2D eigenvalue weighted by molar-refractivity contribution is 7.98. The quantitative estimate of drug-likeness (QED) is 0.0520. The van der Waals surface area contributed by atoms with Gasteiger partial charge in [0.15, 0.2) is 16.6 Å². The fraction of sp³-hybridized carbons (Fsp3) is 0.412. The summed E-state index contributed by atoms with van der Waals surface area (Å²) in [6.07, 6.45) is 9.86. The van der Waals surface area contributed by atoms with Crippen molar-refractivity contribution in [1.82, 2.24) is 9.97 Å². The zero-order valence-corrected chi connectivity index (χ0v) is 32.9. The van der Waals surface area contributed by atoms with Crippen molar-refractivity contribution in [2.45, 2.75) is 86.0 Å². The van der Waals surface area contributed by atoms with Crippen molar-refractivity contribution < 1.29 is 17.4 Å². The zero-order chi connectivity index (χ0) is 32.5.